The summed E-state index contributed by atoms with van der Waals surface area (Å²) in [5, 5.41) is 11.6. The van der Waals surface area contributed by atoms with Gasteiger partial charge in [-0.15, -0.1) is 0 Å². The van der Waals surface area contributed by atoms with Crippen molar-refractivity contribution in [1.82, 2.24) is 4.98 Å². The zero-order chi connectivity index (χ0) is 16.3. The van der Waals surface area contributed by atoms with Crippen molar-refractivity contribution in [2.45, 2.75) is 39.0 Å². The van der Waals surface area contributed by atoms with E-state index in [1.165, 1.54) is 12.1 Å². The molecule has 1 heterocycles. The number of aryl methyl sites for hydroxylation is 1. The molecule has 0 aliphatic heterocycles. The van der Waals surface area contributed by atoms with Crippen LogP contribution in [0.4, 0.5) is 10.1 Å². The maximum atomic E-state index is 13.5. The minimum atomic E-state index is -0.681. The smallest absolute Gasteiger partial charge is 0.224 e. The van der Waals surface area contributed by atoms with Crippen LogP contribution in [0.5, 0.6) is 5.75 Å². The highest BCUT2D eigenvalue weighted by molar-refractivity contribution is 5.90. The van der Waals surface area contributed by atoms with Crippen molar-refractivity contribution in [2.24, 2.45) is 0 Å². The first-order valence-electron chi connectivity index (χ1n) is 6.99. The normalized spacial score (nSPS) is 11.5. The minimum Gasteiger partial charge on any atom is -0.508 e. The van der Waals surface area contributed by atoms with Crippen LogP contribution >= 0.6 is 0 Å². The summed E-state index contributed by atoms with van der Waals surface area (Å²) >= 11 is 0. The number of amides is 1. The highest BCUT2D eigenvalue weighted by atomic mass is 19.1. The Morgan fingerprint density at radius 1 is 1.41 bits per heavy atom. The Labute approximate surface area is 128 Å². The SMILES string of the molecule is CC(C)(C)c1cnc(CCC(=O)Nc2ccc(O)cc2F)o1. The van der Waals surface area contributed by atoms with Crippen LogP contribution in [0.3, 0.4) is 0 Å². The second-order valence-electron chi connectivity index (χ2n) is 6.08. The van der Waals surface area contributed by atoms with E-state index in [1.807, 2.05) is 20.8 Å². The molecule has 118 valence electrons. The van der Waals surface area contributed by atoms with Crippen LogP contribution in [0.25, 0.3) is 0 Å². The molecule has 0 fully saturated rings. The number of benzene rings is 1. The molecule has 0 spiro atoms. The lowest BCUT2D eigenvalue weighted by Gasteiger charge is -2.13. The fourth-order valence-corrected chi connectivity index (χ4v) is 1.81. The second-order valence-corrected chi connectivity index (χ2v) is 6.08. The van der Waals surface area contributed by atoms with Gasteiger partial charge >= 0.3 is 0 Å². The number of oxazole rings is 1. The van der Waals surface area contributed by atoms with E-state index in [2.05, 4.69) is 10.3 Å². The largest absolute Gasteiger partial charge is 0.508 e. The number of carbonyl (C=O) groups excluding carboxylic acids is 1. The number of hydrogen-bond acceptors (Lipinski definition) is 4. The fourth-order valence-electron chi connectivity index (χ4n) is 1.81. The van der Waals surface area contributed by atoms with Crippen LogP contribution in [-0.2, 0) is 16.6 Å². The van der Waals surface area contributed by atoms with E-state index < -0.39 is 5.82 Å². The van der Waals surface area contributed by atoms with Crippen LogP contribution < -0.4 is 5.32 Å². The van der Waals surface area contributed by atoms with Crippen molar-refractivity contribution < 1.29 is 18.7 Å². The monoisotopic (exact) mass is 306 g/mol. The molecule has 1 aromatic heterocycles. The molecule has 0 bridgehead atoms. The Morgan fingerprint density at radius 3 is 2.73 bits per heavy atom. The molecule has 2 aromatic rings. The van der Waals surface area contributed by atoms with Crippen molar-refractivity contribution in [3.63, 3.8) is 0 Å². The van der Waals surface area contributed by atoms with Gasteiger partial charge in [-0.05, 0) is 12.1 Å². The molecular formula is C16H19FN2O3. The number of hydrogen-bond donors (Lipinski definition) is 2. The number of nitrogens with one attached hydrogen (secondary N) is 1. The predicted octanol–water partition coefficient (Wildman–Crippen LogP) is 3.39. The van der Waals surface area contributed by atoms with E-state index in [1.54, 1.807) is 6.20 Å². The van der Waals surface area contributed by atoms with Gasteiger partial charge in [-0.25, -0.2) is 9.37 Å². The topological polar surface area (TPSA) is 75.4 Å². The van der Waals surface area contributed by atoms with Crippen molar-refractivity contribution in [2.75, 3.05) is 5.32 Å². The average Bonchev–Trinajstić information content (AvgIpc) is 2.88. The van der Waals surface area contributed by atoms with Crippen molar-refractivity contribution >= 4 is 11.6 Å². The summed E-state index contributed by atoms with van der Waals surface area (Å²) in [6.45, 7) is 6.03. The van der Waals surface area contributed by atoms with Crippen molar-refractivity contribution in [3.05, 3.63) is 41.9 Å². The third kappa shape index (κ3) is 4.07. The number of aromatic hydroxyl groups is 1. The Hall–Kier alpha value is -2.37. The summed E-state index contributed by atoms with van der Waals surface area (Å²) in [4.78, 5) is 16.0. The van der Waals surface area contributed by atoms with Crippen molar-refractivity contribution in [1.29, 1.82) is 0 Å². The van der Waals surface area contributed by atoms with Gasteiger partial charge in [0.25, 0.3) is 0 Å². The lowest BCUT2D eigenvalue weighted by atomic mass is 9.94. The van der Waals surface area contributed by atoms with Gasteiger partial charge in [-0.3, -0.25) is 4.79 Å². The lowest BCUT2D eigenvalue weighted by molar-refractivity contribution is -0.116. The summed E-state index contributed by atoms with van der Waals surface area (Å²) < 4.78 is 19.1. The molecule has 5 nitrogen and oxygen atoms in total. The molecule has 1 amide bonds. The molecule has 6 heteroatoms. The average molecular weight is 306 g/mol. The zero-order valence-corrected chi connectivity index (χ0v) is 12.8. The molecule has 0 saturated heterocycles. The maximum absolute atomic E-state index is 13.5. The third-order valence-electron chi connectivity index (χ3n) is 3.09. The number of halogens is 1. The highest BCUT2D eigenvalue weighted by Gasteiger charge is 2.19. The van der Waals surface area contributed by atoms with Gasteiger partial charge in [0.15, 0.2) is 5.89 Å². The minimum absolute atomic E-state index is 0.0329. The van der Waals surface area contributed by atoms with Crippen LogP contribution in [0.15, 0.2) is 28.8 Å². The summed E-state index contributed by atoms with van der Waals surface area (Å²) in [5.74, 6) is 0.0170. The van der Waals surface area contributed by atoms with E-state index in [0.29, 0.717) is 12.3 Å². The number of anilines is 1. The predicted molar refractivity (Wildman–Crippen MR) is 80.2 cm³/mol. The molecule has 2 rings (SSSR count). The number of aromatic nitrogens is 1. The van der Waals surface area contributed by atoms with Gasteiger partial charge in [0.1, 0.15) is 17.3 Å². The molecular weight excluding hydrogens is 287 g/mol. The van der Waals surface area contributed by atoms with Gasteiger partial charge in [-0.2, -0.15) is 0 Å². The van der Waals surface area contributed by atoms with Gasteiger partial charge in [0, 0.05) is 24.3 Å². The highest BCUT2D eigenvalue weighted by Crippen LogP contribution is 2.23. The van der Waals surface area contributed by atoms with Gasteiger partial charge in [0.05, 0.1) is 11.9 Å². The molecule has 0 aliphatic carbocycles. The first-order chi connectivity index (χ1) is 10.3. The molecule has 2 N–H and O–H groups in total. The van der Waals surface area contributed by atoms with Crippen LogP contribution in [-0.4, -0.2) is 16.0 Å². The first-order valence-corrected chi connectivity index (χ1v) is 6.99. The number of rotatable bonds is 4. The van der Waals surface area contributed by atoms with E-state index in [9.17, 15) is 9.18 Å². The number of carbonyl (C=O) groups is 1. The molecule has 22 heavy (non-hydrogen) atoms. The summed E-state index contributed by atoms with van der Waals surface area (Å²) in [5.41, 5.74) is -0.103. The van der Waals surface area contributed by atoms with Gasteiger partial charge < -0.3 is 14.8 Å². The fraction of sp³-hybridized carbons (Fsp3) is 0.375. The Morgan fingerprint density at radius 2 is 2.14 bits per heavy atom. The Balaban J connectivity index is 1.91. The second kappa shape index (κ2) is 6.17. The zero-order valence-electron chi connectivity index (χ0n) is 12.8. The summed E-state index contributed by atoms with van der Waals surface area (Å²) in [6, 6.07) is 3.56. The Kier molecular flexibility index (Phi) is 4.49. The van der Waals surface area contributed by atoms with Crippen LogP contribution in [0.1, 0.15) is 38.8 Å². The molecule has 0 saturated carbocycles. The summed E-state index contributed by atoms with van der Waals surface area (Å²) in [6.07, 6.45) is 2.12. The van der Waals surface area contributed by atoms with Crippen LogP contribution in [0, 0.1) is 5.82 Å². The van der Waals surface area contributed by atoms with Gasteiger partial charge in [0.2, 0.25) is 5.91 Å². The Bertz CT molecular complexity index is 674. The van der Waals surface area contributed by atoms with Crippen molar-refractivity contribution in [3.8, 4) is 5.75 Å². The number of phenols is 1. The number of nitrogens with zero attached hydrogens (tertiary/aromatic N) is 1. The molecule has 0 aliphatic rings. The third-order valence-corrected chi connectivity index (χ3v) is 3.09. The van der Waals surface area contributed by atoms with E-state index >= 15 is 0 Å². The van der Waals surface area contributed by atoms with E-state index in [0.717, 1.165) is 11.8 Å². The number of phenolic OH excluding ortho intramolecular Hbond substituents is 1. The van der Waals surface area contributed by atoms with Gasteiger partial charge in [-0.1, -0.05) is 20.8 Å². The molecule has 0 atom stereocenters. The molecule has 0 unspecified atom stereocenters. The maximum Gasteiger partial charge on any atom is 0.224 e. The lowest BCUT2D eigenvalue weighted by Crippen LogP contribution is -2.13. The first kappa shape index (κ1) is 16.0. The molecule has 0 radical (unpaired) electrons. The van der Waals surface area contributed by atoms with E-state index in [4.69, 9.17) is 9.52 Å². The molecule has 1 aromatic carbocycles. The standard InChI is InChI=1S/C16H19FN2O3/c1-16(2,3)13-9-18-15(22-13)7-6-14(21)19-12-5-4-10(20)8-11(12)17/h4-5,8-9,20H,6-7H2,1-3H3,(H,19,21). The van der Waals surface area contributed by atoms with Crippen LogP contribution in [0.2, 0.25) is 0 Å². The quantitative estimate of drug-likeness (QED) is 0.849. The van der Waals surface area contributed by atoms with E-state index in [-0.39, 0.29) is 29.2 Å². The summed E-state index contributed by atoms with van der Waals surface area (Å²) in [7, 11) is 0.